The number of fused-ring (bicyclic) bond motifs is 4. The van der Waals surface area contributed by atoms with Crippen LogP contribution in [0.4, 0.5) is 5.69 Å². The first kappa shape index (κ1) is 24.8. The second-order valence-corrected chi connectivity index (χ2v) is 11.2. The van der Waals surface area contributed by atoms with Gasteiger partial charge in [0, 0.05) is 54.8 Å². The van der Waals surface area contributed by atoms with Crippen LogP contribution in [-0.4, -0.2) is 44.3 Å². The molecule has 1 saturated heterocycles. The highest BCUT2D eigenvalue weighted by Gasteiger charge is 2.24. The van der Waals surface area contributed by atoms with Crippen LogP contribution < -0.4 is 15.9 Å². The zero-order chi connectivity index (χ0) is 27.5. The first-order valence-electron chi connectivity index (χ1n) is 13.5. The van der Waals surface area contributed by atoms with Gasteiger partial charge in [0.1, 0.15) is 0 Å². The summed E-state index contributed by atoms with van der Waals surface area (Å²) in [4.78, 5) is 25.3. The van der Waals surface area contributed by atoms with Gasteiger partial charge in [-0.2, -0.15) is 0 Å². The minimum absolute atomic E-state index is 0.143. The molecule has 8 heteroatoms. The number of imidazole rings is 1. The number of hydrogen-bond donors (Lipinski definition) is 1. The molecule has 3 aromatic carbocycles. The Hall–Kier alpha value is -4.20. The second-order valence-electron chi connectivity index (χ2n) is 10.8. The molecule has 3 aromatic heterocycles. The van der Waals surface area contributed by atoms with Gasteiger partial charge in [-0.15, -0.1) is 0 Å². The largest absolute Gasteiger partial charge is 0.367 e. The van der Waals surface area contributed by atoms with E-state index in [0.29, 0.717) is 17.1 Å². The average molecular weight is 549 g/mol. The van der Waals surface area contributed by atoms with Crippen molar-refractivity contribution >= 4 is 50.1 Å². The van der Waals surface area contributed by atoms with E-state index in [2.05, 4.69) is 58.3 Å². The van der Waals surface area contributed by atoms with Crippen molar-refractivity contribution in [3.63, 3.8) is 0 Å². The third kappa shape index (κ3) is 4.05. The summed E-state index contributed by atoms with van der Waals surface area (Å²) in [6.07, 6.45) is 3.66. The molecule has 1 aliphatic rings. The fraction of sp³-hybridized carbons (Fsp3) is 0.219. The zero-order valence-electron chi connectivity index (χ0n) is 22.6. The van der Waals surface area contributed by atoms with E-state index in [1.165, 1.54) is 0 Å². The Morgan fingerprint density at radius 3 is 2.45 bits per heavy atom. The van der Waals surface area contributed by atoms with Crippen molar-refractivity contribution in [2.24, 2.45) is 7.05 Å². The fourth-order valence-corrected chi connectivity index (χ4v) is 6.35. The van der Waals surface area contributed by atoms with Crippen molar-refractivity contribution in [1.29, 1.82) is 0 Å². The summed E-state index contributed by atoms with van der Waals surface area (Å²) < 4.78 is 3.40. The minimum atomic E-state index is -0.143. The lowest BCUT2D eigenvalue weighted by atomic mass is 10.0. The lowest BCUT2D eigenvalue weighted by molar-refractivity contribution is 0.407. The van der Waals surface area contributed by atoms with E-state index >= 15 is 0 Å². The van der Waals surface area contributed by atoms with Gasteiger partial charge in [0.05, 0.1) is 44.7 Å². The summed E-state index contributed by atoms with van der Waals surface area (Å²) in [5, 5.41) is 6.17. The van der Waals surface area contributed by atoms with Gasteiger partial charge < -0.3 is 10.2 Å². The van der Waals surface area contributed by atoms with Crippen LogP contribution in [0.15, 0.2) is 83.9 Å². The molecular formula is C32H29ClN6O. The maximum atomic E-state index is 13.6. The Balaban J connectivity index is 1.39. The van der Waals surface area contributed by atoms with Gasteiger partial charge in [0.25, 0.3) is 0 Å². The Morgan fingerprint density at radius 1 is 0.875 bits per heavy atom. The molecule has 1 N–H and O–H groups in total. The number of aromatic nitrogens is 4. The molecule has 1 aliphatic heterocycles. The molecule has 0 aliphatic carbocycles. The molecule has 0 spiro atoms. The number of nitrogens with one attached hydrogen (secondary N) is 1. The Morgan fingerprint density at radius 2 is 1.65 bits per heavy atom. The van der Waals surface area contributed by atoms with Crippen LogP contribution in [0, 0.1) is 0 Å². The Labute approximate surface area is 236 Å². The van der Waals surface area contributed by atoms with E-state index in [1.54, 1.807) is 22.4 Å². The second kappa shape index (κ2) is 9.47. The van der Waals surface area contributed by atoms with Crippen molar-refractivity contribution in [3.05, 3.63) is 94.6 Å². The van der Waals surface area contributed by atoms with E-state index in [0.717, 1.165) is 68.4 Å². The van der Waals surface area contributed by atoms with Gasteiger partial charge in [-0.1, -0.05) is 35.9 Å². The van der Waals surface area contributed by atoms with Gasteiger partial charge in [-0.05, 0) is 61.9 Å². The summed E-state index contributed by atoms with van der Waals surface area (Å²) in [6, 6.07) is 23.0. The SMILES string of the molecule is CC1CN(c2ccc(-n3c(=O)n(C)c4cnc5ccc(-c6cnc7ccccc7c6)cc5c43)cc2Cl)CC(C)N1. The number of hydrogen-bond acceptors (Lipinski definition) is 5. The highest BCUT2D eigenvalue weighted by Crippen LogP contribution is 2.33. The molecule has 40 heavy (non-hydrogen) atoms. The summed E-state index contributed by atoms with van der Waals surface area (Å²) in [5.41, 5.74) is 6.93. The van der Waals surface area contributed by atoms with Crippen molar-refractivity contribution in [1.82, 2.24) is 24.4 Å². The number of pyridine rings is 2. The van der Waals surface area contributed by atoms with Gasteiger partial charge in [0.2, 0.25) is 0 Å². The number of piperazine rings is 1. The van der Waals surface area contributed by atoms with E-state index in [9.17, 15) is 4.79 Å². The number of para-hydroxylation sites is 1. The summed E-state index contributed by atoms with van der Waals surface area (Å²) in [6.45, 7) is 6.12. The molecule has 7 nitrogen and oxygen atoms in total. The Kier molecular flexibility index (Phi) is 5.87. The lowest BCUT2D eigenvalue weighted by Crippen LogP contribution is -2.54. The third-order valence-corrected chi connectivity index (χ3v) is 8.20. The number of rotatable bonds is 3. The van der Waals surface area contributed by atoms with Gasteiger partial charge in [-0.3, -0.25) is 19.1 Å². The number of nitrogens with zero attached hydrogens (tertiary/aromatic N) is 5. The molecular weight excluding hydrogens is 520 g/mol. The van der Waals surface area contributed by atoms with Crippen molar-refractivity contribution in [2.45, 2.75) is 25.9 Å². The highest BCUT2D eigenvalue weighted by molar-refractivity contribution is 6.33. The Bertz CT molecular complexity index is 1980. The molecule has 2 atom stereocenters. The standard InChI is InChI=1S/C32H29ClN6O/c1-19-17-38(18-20(2)36-19)29-11-9-24(14-26(29)33)39-31-25-13-21(23-12-22-6-4-5-7-27(22)34-15-23)8-10-28(25)35-16-30(31)37(3)32(39)40/h4-16,19-20,36H,17-18H2,1-3H3. The minimum Gasteiger partial charge on any atom is -0.367 e. The van der Waals surface area contributed by atoms with Crippen LogP contribution in [0.2, 0.25) is 5.02 Å². The molecule has 1 fully saturated rings. The zero-order valence-corrected chi connectivity index (χ0v) is 23.4. The van der Waals surface area contributed by atoms with Gasteiger partial charge in [-0.25, -0.2) is 4.79 Å². The highest BCUT2D eigenvalue weighted by atomic mass is 35.5. The number of benzene rings is 3. The maximum absolute atomic E-state index is 13.6. The van der Waals surface area contributed by atoms with Crippen molar-refractivity contribution in [3.8, 4) is 16.8 Å². The van der Waals surface area contributed by atoms with E-state index in [4.69, 9.17) is 11.6 Å². The van der Waals surface area contributed by atoms with Crippen LogP contribution in [0.1, 0.15) is 13.8 Å². The number of aryl methyl sites for hydroxylation is 1. The topological polar surface area (TPSA) is 68.0 Å². The fourth-order valence-electron chi connectivity index (χ4n) is 6.06. The van der Waals surface area contributed by atoms with E-state index < -0.39 is 0 Å². The molecule has 4 heterocycles. The van der Waals surface area contributed by atoms with Crippen LogP contribution in [0.3, 0.4) is 0 Å². The first-order valence-corrected chi connectivity index (χ1v) is 13.9. The van der Waals surface area contributed by atoms with Crippen LogP contribution >= 0.6 is 11.6 Å². The van der Waals surface area contributed by atoms with Crippen LogP contribution in [0.25, 0.3) is 49.7 Å². The van der Waals surface area contributed by atoms with Gasteiger partial charge in [0.15, 0.2) is 0 Å². The monoisotopic (exact) mass is 548 g/mol. The summed E-state index contributed by atoms with van der Waals surface area (Å²) >= 11 is 6.89. The molecule has 0 amide bonds. The quantitative estimate of drug-likeness (QED) is 0.297. The summed E-state index contributed by atoms with van der Waals surface area (Å²) in [5.74, 6) is 0. The molecule has 6 aromatic rings. The predicted molar refractivity (Wildman–Crippen MR) is 164 cm³/mol. The first-order chi connectivity index (χ1) is 19.4. The van der Waals surface area contributed by atoms with Crippen molar-refractivity contribution < 1.29 is 0 Å². The maximum Gasteiger partial charge on any atom is 0.333 e. The molecule has 7 rings (SSSR count). The average Bonchev–Trinajstić information content (AvgIpc) is 3.21. The molecule has 200 valence electrons. The van der Waals surface area contributed by atoms with E-state index in [-0.39, 0.29) is 5.69 Å². The molecule has 0 saturated carbocycles. The smallest absolute Gasteiger partial charge is 0.333 e. The molecule has 2 unspecified atom stereocenters. The molecule has 0 radical (unpaired) electrons. The van der Waals surface area contributed by atoms with Gasteiger partial charge >= 0.3 is 5.69 Å². The van der Waals surface area contributed by atoms with Crippen molar-refractivity contribution in [2.75, 3.05) is 18.0 Å². The molecule has 0 bridgehead atoms. The number of anilines is 1. The summed E-state index contributed by atoms with van der Waals surface area (Å²) in [7, 11) is 1.78. The normalized spacial score (nSPS) is 17.8. The predicted octanol–water partition coefficient (Wildman–Crippen LogP) is 5.93. The number of halogens is 1. The third-order valence-electron chi connectivity index (χ3n) is 7.89. The van der Waals surface area contributed by atoms with Crippen LogP contribution in [0.5, 0.6) is 0 Å². The lowest BCUT2D eigenvalue weighted by Gasteiger charge is -2.38. The van der Waals surface area contributed by atoms with Crippen LogP contribution in [-0.2, 0) is 7.05 Å². The van der Waals surface area contributed by atoms with E-state index in [1.807, 2.05) is 48.7 Å².